The Hall–Kier alpha value is -2.74. The van der Waals surface area contributed by atoms with Gasteiger partial charge in [-0.3, -0.25) is 9.69 Å². The molecule has 3 heterocycles. The smallest absolute Gasteiger partial charge is 0.287 e. The molecule has 0 aliphatic carbocycles. The number of para-hydroxylation sites is 1. The van der Waals surface area contributed by atoms with Gasteiger partial charge in [-0.1, -0.05) is 6.07 Å². The second kappa shape index (κ2) is 7.65. The molecule has 8 heteroatoms. The number of aromatic nitrogens is 2. The Morgan fingerprint density at radius 3 is 2.81 bits per heavy atom. The fourth-order valence-electron chi connectivity index (χ4n) is 3.35. The Morgan fingerprint density at radius 2 is 1.96 bits per heavy atom. The van der Waals surface area contributed by atoms with Crippen LogP contribution in [0.3, 0.4) is 0 Å². The van der Waals surface area contributed by atoms with E-state index in [2.05, 4.69) is 31.4 Å². The fraction of sp³-hybridized carbons (Fsp3) is 0.444. The van der Waals surface area contributed by atoms with Crippen molar-refractivity contribution in [2.24, 2.45) is 0 Å². The quantitative estimate of drug-likeness (QED) is 0.818. The average molecular weight is 357 g/mol. The minimum absolute atomic E-state index is 0.187. The Labute approximate surface area is 151 Å². The molecular formula is C18H23N5O3. The van der Waals surface area contributed by atoms with Crippen molar-refractivity contribution in [1.82, 2.24) is 15.1 Å². The summed E-state index contributed by atoms with van der Waals surface area (Å²) < 4.78 is 11.5. The van der Waals surface area contributed by atoms with E-state index in [0.29, 0.717) is 18.9 Å². The van der Waals surface area contributed by atoms with E-state index >= 15 is 0 Å². The molecule has 4 rings (SSSR count). The van der Waals surface area contributed by atoms with Crippen molar-refractivity contribution in [1.29, 1.82) is 0 Å². The van der Waals surface area contributed by atoms with E-state index in [9.17, 15) is 4.79 Å². The van der Waals surface area contributed by atoms with E-state index in [1.165, 1.54) is 0 Å². The Balaban J connectivity index is 1.29. The molecular weight excluding hydrogens is 334 g/mol. The Bertz CT molecular complexity index is 801. The molecule has 1 saturated heterocycles. The Kier molecular flexibility index (Phi) is 4.92. The van der Waals surface area contributed by atoms with Crippen LogP contribution >= 0.6 is 0 Å². The molecule has 1 fully saturated rings. The molecule has 0 amide bonds. The number of nitrogens with one attached hydrogen (secondary N) is 2. The lowest BCUT2D eigenvalue weighted by Gasteiger charge is -2.37. The highest BCUT2D eigenvalue weighted by Crippen LogP contribution is 2.39. The topological polar surface area (TPSA) is 82.7 Å². The molecule has 8 nitrogen and oxygen atoms in total. The highest BCUT2D eigenvalue weighted by molar-refractivity contribution is 5.65. The van der Waals surface area contributed by atoms with Crippen LogP contribution in [-0.4, -0.2) is 67.6 Å². The number of H-pyrrole nitrogens is 1. The maximum atomic E-state index is 11.6. The lowest BCUT2D eigenvalue weighted by molar-refractivity contribution is 0.171. The zero-order valence-electron chi connectivity index (χ0n) is 14.6. The molecule has 1 aromatic heterocycles. The van der Waals surface area contributed by atoms with Crippen molar-refractivity contribution in [2.45, 2.75) is 0 Å². The van der Waals surface area contributed by atoms with Crippen LogP contribution in [0.4, 0.5) is 11.4 Å². The summed E-state index contributed by atoms with van der Waals surface area (Å²) in [7, 11) is 0. The molecule has 26 heavy (non-hydrogen) atoms. The predicted molar refractivity (Wildman–Crippen MR) is 99.4 cm³/mol. The van der Waals surface area contributed by atoms with E-state index in [-0.39, 0.29) is 5.56 Å². The van der Waals surface area contributed by atoms with Crippen molar-refractivity contribution < 1.29 is 9.47 Å². The molecule has 0 atom stereocenters. The zero-order chi connectivity index (χ0) is 17.8. The second-order valence-electron chi connectivity index (χ2n) is 6.36. The van der Waals surface area contributed by atoms with Crippen LogP contribution in [0.2, 0.25) is 0 Å². The van der Waals surface area contributed by atoms with Gasteiger partial charge in [0, 0.05) is 45.5 Å². The molecule has 2 N–H and O–H groups in total. The summed E-state index contributed by atoms with van der Waals surface area (Å²) in [6.07, 6.45) is 1.58. The van der Waals surface area contributed by atoms with Gasteiger partial charge in [0.15, 0.2) is 11.5 Å². The molecule has 1 aromatic carbocycles. The van der Waals surface area contributed by atoms with Crippen LogP contribution in [0.1, 0.15) is 0 Å². The summed E-state index contributed by atoms with van der Waals surface area (Å²) in [5, 5.41) is 9.29. The summed E-state index contributed by atoms with van der Waals surface area (Å²) in [6.45, 7) is 6.65. The van der Waals surface area contributed by atoms with E-state index in [1.54, 1.807) is 12.3 Å². The maximum Gasteiger partial charge on any atom is 0.287 e. The van der Waals surface area contributed by atoms with E-state index in [4.69, 9.17) is 9.47 Å². The van der Waals surface area contributed by atoms with Crippen molar-refractivity contribution in [3.63, 3.8) is 0 Å². The highest BCUT2D eigenvalue weighted by Gasteiger charge is 2.23. The fourth-order valence-corrected chi connectivity index (χ4v) is 3.35. The standard InChI is InChI=1S/C18H23N5O3/c24-18-14(4-5-20-21-18)19-6-7-22-8-10-23(11-9-22)15-2-1-3-16-17(15)26-13-12-25-16/h1-5H,6-13H2,(H,19,20)(H,21,24). The van der Waals surface area contributed by atoms with Gasteiger partial charge in [-0.2, -0.15) is 5.10 Å². The molecule has 0 radical (unpaired) electrons. The summed E-state index contributed by atoms with van der Waals surface area (Å²) in [5.41, 5.74) is 1.49. The minimum Gasteiger partial charge on any atom is -0.486 e. The average Bonchev–Trinajstić information content (AvgIpc) is 2.70. The van der Waals surface area contributed by atoms with E-state index < -0.39 is 0 Å². The van der Waals surface area contributed by atoms with Crippen LogP contribution in [0, 0.1) is 0 Å². The third-order valence-electron chi connectivity index (χ3n) is 4.73. The lowest BCUT2D eigenvalue weighted by Crippen LogP contribution is -2.47. The van der Waals surface area contributed by atoms with Gasteiger partial charge in [0.25, 0.3) is 5.56 Å². The maximum absolute atomic E-state index is 11.6. The number of aromatic amines is 1. The summed E-state index contributed by atoms with van der Waals surface area (Å²) in [4.78, 5) is 16.3. The molecule has 0 bridgehead atoms. The van der Waals surface area contributed by atoms with Gasteiger partial charge in [-0.05, 0) is 18.2 Å². The first-order valence-electron chi connectivity index (χ1n) is 8.95. The van der Waals surface area contributed by atoms with Gasteiger partial charge < -0.3 is 19.7 Å². The first-order valence-corrected chi connectivity index (χ1v) is 8.95. The number of anilines is 2. The largest absolute Gasteiger partial charge is 0.486 e. The number of hydrogen-bond acceptors (Lipinski definition) is 7. The number of nitrogens with zero attached hydrogens (tertiary/aromatic N) is 3. The van der Waals surface area contributed by atoms with Crippen molar-refractivity contribution in [3.8, 4) is 11.5 Å². The summed E-state index contributed by atoms with van der Waals surface area (Å²) >= 11 is 0. The first kappa shape index (κ1) is 16.7. The van der Waals surface area contributed by atoms with Gasteiger partial charge in [0.2, 0.25) is 0 Å². The Morgan fingerprint density at radius 1 is 1.12 bits per heavy atom. The van der Waals surface area contributed by atoms with Gasteiger partial charge in [0.05, 0.1) is 5.69 Å². The van der Waals surface area contributed by atoms with Crippen molar-refractivity contribution in [2.75, 3.05) is 62.7 Å². The minimum atomic E-state index is -0.187. The van der Waals surface area contributed by atoms with Crippen molar-refractivity contribution >= 4 is 11.4 Å². The third kappa shape index (κ3) is 3.60. The number of piperazine rings is 1. The molecule has 138 valence electrons. The third-order valence-corrected chi connectivity index (χ3v) is 4.73. The van der Waals surface area contributed by atoms with Gasteiger partial charge in [0.1, 0.15) is 18.9 Å². The molecule has 0 spiro atoms. The van der Waals surface area contributed by atoms with Gasteiger partial charge in [-0.25, -0.2) is 5.10 Å². The van der Waals surface area contributed by atoms with Gasteiger partial charge >= 0.3 is 0 Å². The number of benzene rings is 1. The van der Waals surface area contributed by atoms with E-state index in [0.717, 1.165) is 56.5 Å². The van der Waals surface area contributed by atoms with Crippen LogP contribution in [-0.2, 0) is 0 Å². The normalized spacial score (nSPS) is 17.2. The summed E-state index contributed by atoms with van der Waals surface area (Å²) in [6, 6.07) is 7.77. The number of rotatable bonds is 5. The number of ether oxygens (including phenoxy) is 2. The van der Waals surface area contributed by atoms with Crippen LogP contribution < -0.4 is 25.2 Å². The lowest BCUT2D eigenvalue weighted by atomic mass is 10.2. The van der Waals surface area contributed by atoms with Crippen LogP contribution in [0.15, 0.2) is 35.3 Å². The number of fused-ring (bicyclic) bond motifs is 1. The molecule has 2 aliphatic rings. The molecule has 0 saturated carbocycles. The second-order valence-corrected chi connectivity index (χ2v) is 6.36. The molecule has 2 aromatic rings. The predicted octanol–water partition coefficient (Wildman–Crippen LogP) is 0.775. The molecule has 0 unspecified atom stereocenters. The highest BCUT2D eigenvalue weighted by atomic mass is 16.6. The zero-order valence-corrected chi connectivity index (χ0v) is 14.6. The molecule has 2 aliphatic heterocycles. The van der Waals surface area contributed by atoms with Crippen molar-refractivity contribution in [3.05, 3.63) is 40.8 Å². The first-order chi connectivity index (χ1) is 12.8. The van der Waals surface area contributed by atoms with Crippen LogP contribution in [0.25, 0.3) is 0 Å². The SMILES string of the molecule is O=c1[nH]nccc1NCCN1CCN(c2cccc3c2OCCO3)CC1. The van der Waals surface area contributed by atoms with Crippen LogP contribution in [0.5, 0.6) is 11.5 Å². The summed E-state index contributed by atoms with van der Waals surface area (Å²) in [5.74, 6) is 1.70. The number of hydrogen-bond donors (Lipinski definition) is 2. The van der Waals surface area contributed by atoms with Gasteiger partial charge in [-0.15, -0.1) is 0 Å². The van der Waals surface area contributed by atoms with E-state index in [1.807, 2.05) is 12.1 Å². The monoisotopic (exact) mass is 357 g/mol.